The van der Waals surface area contributed by atoms with E-state index < -0.39 is 6.04 Å². The highest BCUT2D eigenvalue weighted by molar-refractivity contribution is 5.87. The molecule has 0 spiro atoms. The van der Waals surface area contributed by atoms with E-state index >= 15 is 0 Å². The molecule has 1 atom stereocenters. The fourth-order valence-electron chi connectivity index (χ4n) is 5.86. The highest BCUT2D eigenvalue weighted by Gasteiger charge is 2.20. The van der Waals surface area contributed by atoms with E-state index in [4.69, 9.17) is 5.73 Å². The van der Waals surface area contributed by atoms with Crippen molar-refractivity contribution in [1.82, 2.24) is 10.6 Å². The molecule has 0 saturated heterocycles. The van der Waals surface area contributed by atoms with Gasteiger partial charge in [0.2, 0.25) is 11.8 Å². The van der Waals surface area contributed by atoms with E-state index in [1.165, 1.54) is 148 Å². The lowest BCUT2D eigenvalue weighted by Crippen LogP contribution is -2.47. The zero-order valence-electron chi connectivity index (χ0n) is 29.8. The lowest BCUT2D eigenvalue weighted by Gasteiger charge is -2.18. The van der Waals surface area contributed by atoms with Crippen molar-refractivity contribution in [1.29, 1.82) is 0 Å². The maximum Gasteiger partial charge on any atom is 0.242 e. The molecule has 1 unspecified atom stereocenters. The second-order valence-electron chi connectivity index (χ2n) is 13.3. The second-order valence-corrected chi connectivity index (χ2v) is 13.3. The van der Waals surface area contributed by atoms with E-state index in [9.17, 15) is 9.59 Å². The van der Waals surface area contributed by atoms with Crippen molar-refractivity contribution in [3.63, 3.8) is 0 Å². The molecule has 0 heterocycles. The molecule has 2 amide bonds. The Morgan fingerprint density at radius 1 is 0.568 bits per heavy atom. The summed E-state index contributed by atoms with van der Waals surface area (Å²) in [5, 5.41) is 6.03. The molecule has 0 bridgehead atoms. The molecule has 0 aromatic carbocycles. The number of aliphatic imine (C=N–C) groups is 1. The number of nitrogens with two attached hydrogens (primary N) is 1. The van der Waals surface area contributed by atoms with E-state index in [0.717, 1.165) is 25.7 Å². The number of rotatable bonds is 34. The zero-order chi connectivity index (χ0) is 32.4. The van der Waals surface area contributed by atoms with E-state index in [1.54, 1.807) is 6.92 Å². The number of hydrogen-bond acceptors (Lipinski definition) is 3. The molecule has 0 radical (unpaired) electrons. The predicted octanol–water partition coefficient (Wildman–Crippen LogP) is 10.3. The summed E-state index contributed by atoms with van der Waals surface area (Å²) in [6, 6.07) is -0.542. The molecule has 260 valence electrons. The van der Waals surface area contributed by atoms with Crippen LogP contribution in [-0.4, -0.2) is 36.8 Å². The first-order valence-electron chi connectivity index (χ1n) is 19.3. The minimum absolute atomic E-state index is 0.0295. The van der Waals surface area contributed by atoms with Crippen LogP contribution in [-0.2, 0) is 9.59 Å². The van der Waals surface area contributed by atoms with Gasteiger partial charge in [0.15, 0.2) is 0 Å². The number of nitrogens with one attached hydrogen (secondary N) is 2. The van der Waals surface area contributed by atoms with Crippen LogP contribution in [0.2, 0.25) is 0 Å². The number of amides is 2. The Labute approximate surface area is 274 Å². The first-order valence-corrected chi connectivity index (χ1v) is 19.3. The number of carbonyl (C=O) groups excluding carboxylic acids is 2. The average Bonchev–Trinajstić information content (AvgIpc) is 3.00. The summed E-state index contributed by atoms with van der Waals surface area (Å²) in [4.78, 5) is 29.7. The molecule has 0 saturated carbocycles. The normalized spacial score (nSPS) is 12.4. The minimum atomic E-state index is -0.542. The summed E-state index contributed by atoms with van der Waals surface area (Å²) in [5.74, 6) is 0.381. The molecule has 0 aliphatic rings. The van der Waals surface area contributed by atoms with Crippen LogP contribution in [0.4, 0.5) is 0 Å². The van der Waals surface area contributed by atoms with Crippen molar-refractivity contribution in [2.75, 3.05) is 13.1 Å². The van der Waals surface area contributed by atoms with Crippen molar-refractivity contribution in [2.24, 2.45) is 10.7 Å². The second kappa shape index (κ2) is 34.3. The highest BCUT2D eigenvalue weighted by atomic mass is 16.2. The fourth-order valence-corrected chi connectivity index (χ4v) is 5.86. The molecular formula is C38H76N4O2. The van der Waals surface area contributed by atoms with Crippen LogP contribution in [0.5, 0.6) is 0 Å². The van der Waals surface area contributed by atoms with Gasteiger partial charge in [0.05, 0.1) is 5.84 Å². The van der Waals surface area contributed by atoms with Gasteiger partial charge in [-0.25, -0.2) is 0 Å². The Morgan fingerprint density at radius 3 is 1.32 bits per heavy atom. The first-order chi connectivity index (χ1) is 21.5. The van der Waals surface area contributed by atoms with E-state index in [2.05, 4.69) is 29.5 Å². The number of unbranched alkanes of at least 4 members (excludes halogenated alkanes) is 25. The Kier molecular flexibility index (Phi) is 33.0. The Bertz CT molecular complexity index is 663. The predicted molar refractivity (Wildman–Crippen MR) is 192 cm³/mol. The maximum absolute atomic E-state index is 12.9. The van der Waals surface area contributed by atoms with E-state index in [0.29, 0.717) is 31.8 Å². The van der Waals surface area contributed by atoms with Crippen LogP contribution in [0, 0.1) is 0 Å². The van der Waals surface area contributed by atoms with Crippen molar-refractivity contribution in [3.8, 4) is 0 Å². The van der Waals surface area contributed by atoms with Gasteiger partial charge in [-0.15, -0.1) is 0 Å². The van der Waals surface area contributed by atoms with Crippen LogP contribution < -0.4 is 16.4 Å². The standard InChI is InChI=1S/C38H76N4O2/c1-4-6-8-10-12-14-16-18-20-22-24-26-28-30-33-41-38(44)36(32-34-40-35(3)39)42-37(43)31-29-27-25-23-21-19-17-15-13-11-9-7-5-2/h36H,4-34H2,1-3H3,(H2,39,40)(H,41,44)(H,42,43). The van der Waals surface area contributed by atoms with Gasteiger partial charge in [-0.1, -0.05) is 174 Å². The zero-order valence-corrected chi connectivity index (χ0v) is 29.8. The molecule has 0 fully saturated rings. The lowest BCUT2D eigenvalue weighted by atomic mass is 10.0. The van der Waals surface area contributed by atoms with Gasteiger partial charge in [0.25, 0.3) is 0 Å². The third-order valence-corrected chi connectivity index (χ3v) is 8.77. The number of carbonyl (C=O) groups is 2. The first kappa shape index (κ1) is 42.4. The smallest absolute Gasteiger partial charge is 0.242 e. The van der Waals surface area contributed by atoms with Gasteiger partial charge in [-0.2, -0.15) is 0 Å². The lowest BCUT2D eigenvalue weighted by molar-refractivity contribution is -0.129. The molecule has 6 heteroatoms. The highest BCUT2D eigenvalue weighted by Crippen LogP contribution is 2.14. The molecule has 0 aliphatic carbocycles. The van der Waals surface area contributed by atoms with Crippen molar-refractivity contribution in [3.05, 3.63) is 0 Å². The summed E-state index contributed by atoms with van der Waals surface area (Å²) in [7, 11) is 0. The largest absolute Gasteiger partial charge is 0.388 e. The quantitative estimate of drug-likeness (QED) is 0.0379. The summed E-state index contributed by atoms with van der Waals surface area (Å²) in [6.07, 6.45) is 36.2. The Hall–Kier alpha value is -1.59. The Balaban J connectivity index is 3.94. The van der Waals surface area contributed by atoms with Gasteiger partial charge in [0, 0.05) is 19.5 Å². The summed E-state index contributed by atoms with van der Waals surface area (Å²) >= 11 is 0. The van der Waals surface area contributed by atoms with E-state index in [-0.39, 0.29) is 11.8 Å². The van der Waals surface area contributed by atoms with Gasteiger partial charge < -0.3 is 16.4 Å². The van der Waals surface area contributed by atoms with Crippen LogP contribution in [0.15, 0.2) is 4.99 Å². The van der Waals surface area contributed by atoms with Gasteiger partial charge in [-0.05, 0) is 26.2 Å². The molecule has 0 aromatic rings. The minimum Gasteiger partial charge on any atom is -0.388 e. The molecule has 0 aliphatic heterocycles. The Morgan fingerprint density at radius 2 is 0.932 bits per heavy atom. The summed E-state index contributed by atoms with van der Waals surface area (Å²) in [5.41, 5.74) is 5.68. The molecular weight excluding hydrogens is 544 g/mol. The van der Waals surface area contributed by atoms with Crippen LogP contribution >= 0.6 is 0 Å². The van der Waals surface area contributed by atoms with Crippen molar-refractivity contribution >= 4 is 17.6 Å². The van der Waals surface area contributed by atoms with Gasteiger partial charge >= 0.3 is 0 Å². The molecule has 0 aromatic heterocycles. The molecule has 4 N–H and O–H groups in total. The van der Waals surface area contributed by atoms with Crippen molar-refractivity contribution < 1.29 is 9.59 Å². The summed E-state index contributed by atoms with van der Waals surface area (Å²) < 4.78 is 0. The van der Waals surface area contributed by atoms with Crippen LogP contribution in [0.1, 0.15) is 207 Å². The topological polar surface area (TPSA) is 96.6 Å². The third kappa shape index (κ3) is 31.8. The SMILES string of the molecule is CCCCCCCCCCCCCCCCNC(=O)C(CCN=C(C)N)NC(=O)CCCCCCCCCCCCCCC. The van der Waals surface area contributed by atoms with Crippen LogP contribution in [0.3, 0.4) is 0 Å². The maximum atomic E-state index is 12.9. The van der Waals surface area contributed by atoms with Crippen LogP contribution in [0.25, 0.3) is 0 Å². The molecule has 0 rings (SSSR count). The monoisotopic (exact) mass is 621 g/mol. The van der Waals surface area contributed by atoms with Gasteiger partial charge in [-0.3, -0.25) is 14.6 Å². The van der Waals surface area contributed by atoms with E-state index in [1.807, 2.05) is 0 Å². The molecule has 6 nitrogen and oxygen atoms in total. The summed E-state index contributed by atoms with van der Waals surface area (Å²) in [6.45, 7) is 7.40. The molecule has 44 heavy (non-hydrogen) atoms. The van der Waals surface area contributed by atoms with Gasteiger partial charge in [0.1, 0.15) is 6.04 Å². The third-order valence-electron chi connectivity index (χ3n) is 8.77. The number of amidine groups is 1. The fraction of sp³-hybridized carbons (Fsp3) is 0.921. The number of nitrogens with zero attached hydrogens (tertiary/aromatic N) is 1. The van der Waals surface area contributed by atoms with Crippen molar-refractivity contribution in [2.45, 2.75) is 213 Å². The number of hydrogen-bond donors (Lipinski definition) is 3. The average molecular weight is 621 g/mol.